The molecular formula is C26H28N4O3. The first-order chi connectivity index (χ1) is 16.1. The Labute approximate surface area is 193 Å². The van der Waals surface area contributed by atoms with Gasteiger partial charge in [-0.25, -0.2) is 4.98 Å². The van der Waals surface area contributed by atoms with Gasteiger partial charge in [-0.05, 0) is 44.2 Å². The number of anilines is 2. The summed E-state index contributed by atoms with van der Waals surface area (Å²) in [6.07, 6.45) is 0. The SMILES string of the molecule is CCN(CC)c1cc2nc(-c3ccccc3)[nH]c2cc1NC(=O)c1ccc(OC)c(OC)c1. The van der Waals surface area contributed by atoms with Crippen molar-refractivity contribution in [3.8, 4) is 22.9 Å². The Kier molecular flexibility index (Phi) is 6.49. The van der Waals surface area contributed by atoms with Crippen LogP contribution < -0.4 is 19.7 Å². The molecule has 0 unspecified atom stereocenters. The second-order valence-electron chi connectivity index (χ2n) is 7.53. The molecule has 2 N–H and O–H groups in total. The first-order valence-corrected chi connectivity index (χ1v) is 10.9. The minimum atomic E-state index is -0.230. The third kappa shape index (κ3) is 4.48. The summed E-state index contributed by atoms with van der Waals surface area (Å²) in [5, 5.41) is 3.08. The molecule has 7 heteroatoms. The summed E-state index contributed by atoms with van der Waals surface area (Å²) in [6, 6.07) is 19.1. The van der Waals surface area contributed by atoms with Crippen LogP contribution >= 0.6 is 0 Å². The molecule has 7 nitrogen and oxygen atoms in total. The number of hydrogen-bond donors (Lipinski definition) is 2. The maximum absolute atomic E-state index is 13.1. The fourth-order valence-electron chi connectivity index (χ4n) is 3.88. The Hall–Kier alpha value is -4.00. The van der Waals surface area contributed by atoms with Gasteiger partial charge in [0.05, 0.1) is 36.6 Å². The molecule has 4 rings (SSSR count). The summed E-state index contributed by atoms with van der Waals surface area (Å²) in [5.41, 5.74) is 4.83. The number of imidazole rings is 1. The molecule has 0 atom stereocenters. The fraction of sp³-hybridized carbons (Fsp3) is 0.231. The van der Waals surface area contributed by atoms with Gasteiger partial charge in [-0.3, -0.25) is 4.79 Å². The van der Waals surface area contributed by atoms with Gasteiger partial charge in [0.1, 0.15) is 5.82 Å². The number of nitrogens with zero attached hydrogens (tertiary/aromatic N) is 2. The number of carbonyl (C=O) groups is 1. The van der Waals surface area contributed by atoms with Crippen LogP contribution in [0.15, 0.2) is 60.7 Å². The topological polar surface area (TPSA) is 79.5 Å². The van der Waals surface area contributed by atoms with Gasteiger partial charge in [-0.2, -0.15) is 0 Å². The van der Waals surface area contributed by atoms with Crippen molar-refractivity contribution in [1.29, 1.82) is 0 Å². The van der Waals surface area contributed by atoms with E-state index in [1.54, 1.807) is 32.4 Å². The minimum absolute atomic E-state index is 0.230. The van der Waals surface area contributed by atoms with Crippen molar-refractivity contribution in [2.24, 2.45) is 0 Å². The lowest BCUT2D eigenvalue weighted by Gasteiger charge is -2.24. The van der Waals surface area contributed by atoms with Gasteiger partial charge >= 0.3 is 0 Å². The maximum Gasteiger partial charge on any atom is 0.255 e. The van der Waals surface area contributed by atoms with Crippen LogP contribution in [0, 0.1) is 0 Å². The molecule has 0 saturated heterocycles. The number of fused-ring (bicyclic) bond motifs is 1. The molecule has 3 aromatic carbocycles. The molecule has 0 spiro atoms. The summed E-state index contributed by atoms with van der Waals surface area (Å²) in [4.78, 5) is 23.5. The van der Waals surface area contributed by atoms with Crippen LogP contribution in [0.4, 0.5) is 11.4 Å². The number of benzene rings is 3. The standard InChI is InChI=1S/C26H28N4O3/c1-5-30(6-2)22-16-20-19(27-25(28-20)17-10-8-7-9-11-17)15-21(22)29-26(31)18-12-13-23(32-3)24(14-18)33-4/h7-16H,5-6H2,1-4H3,(H,27,28)(H,29,31). The quantitative estimate of drug-likeness (QED) is 0.383. The minimum Gasteiger partial charge on any atom is -0.493 e. The van der Waals surface area contributed by atoms with Crippen LogP contribution in [-0.2, 0) is 0 Å². The van der Waals surface area contributed by atoms with Crippen LogP contribution in [0.2, 0.25) is 0 Å². The molecule has 0 aliphatic heterocycles. The molecule has 0 aliphatic carbocycles. The number of amides is 1. The second kappa shape index (κ2) is 9.65. The van der Waals surface area contributed by atoms with Crippen molar-refractivity contribution < 1.29 is 14.3 Å². The number of rotatable bonds is 8. The molecular weight excluding hydrogens is 416 g/mol. The van der Waals surface area contributed by atoms with Crippen molar-refractivity contribution >= 4 is 28.3 Å². The van der Waals surface area contributed by atoms with E-state index in [9.17, 15) is 4.79 Å². The molecule has 0 radical (unpaired) electrons. The van der Waals surface area contributed by atoms with Gasteiger partial charge in [0, 0.05) is 24.2 Å². The zero-order valence-electron chi connectivity index (χ0n) is 19.3. The lowest BCUT2D eigenvalue weighted by molar-refractivity contribution is 0.102. The summed E-state index contributed by atoms with van der Waals surface area (Å²) in [5.74, 6) is 1.64. The van der Waals surface area contributed by atoms with Crippen molar-refractivity contribution in [3.63, 3.8) is 0 Å². The highest BCUT2D eigenvalue weighted by Gasteiger charge is 2.17. The first-order valence-electron chi connectivity index (χ1n) is 10.9. The number of methoxy groups -OCH3 is 2. The maximum atomic E-state index is 13.1. The summed E-state index contributed by atoms with van der Waals surface area (Å²) in [6.45, 7) is 5.79. The van der Waals surface area contributed by atoms with E-state index in [-0.39, 0.29) is 5.91 Å². The Morgan fingerprint density at radius 1 is 0.970 bits per heavy atom. The lowest BCUT2D eigenvalue weighted by atomic mass is 10.1. The highest BCUT2D eigenvalue weighted by molar-refractivity contribution is 6.07. The monoisotopic (exact) mass is 444 g/mol. The van der Waals surface area contributed by atoms with Gasteiger partial charge in [-0.15, -0.1) is 0 Å². The summed E-state index contributed by atoms with van der Waals surface area (Å²) < 4.78 is 10.6. The van der Waals surface area contributed by atoms with E-state index < -0.39 is 0 Å². The predicted molar refractivity (Wildman–Crippen MR) is 133 cm³/mol. The zero-order valence-corrected chi connectivity index (χ0v) is 19.3. The molecule has 0 fully saturated rings. The lowest BCUT2D eigenvalue weighted by Crippen LogP contribution is -2.24. The molecule has 33 heavy (non-hydrogen) atoms. The average molecular weight is 445 g/mol. The molecule has 170 valence electrons. The van der Waals surface area contributed by atoms with E-state index in [2.05, 4.69) is 29.0 Å². The fourth-order valence-corrected chi connectivity index (χ4v) is 3.88. The van der Waals surface area contributed by atoms with Crippen LogP contribution in [0.5, 0.6) is 11.5 Å². The van der Waals surface area contributed by atoms with Crippen LogP contribution in [0.3, 0.4) is 0 Å². The molecule has 1 heterocycles. The van der Waals surface area contributed by atoms with Crippen LogP contribution in [0.25, 0.3) is 22.4 Å². The second-order valence-corrected chi connectivity index (χ2v) is 7.53. The van der Waals surface area contributed by atoms with Crippen molar-refractivity contribution in [2.45, 2.75) is 13.8 Å². The van der Waals surface area contributed by atoms with Crippen LogP contribution in [0.1, 0.15) is 24.2 Å². The zero-order chi connectivity index (χ0) is 23.4. The number of hydrogen-bond acceptors (Lipinski definition) is 5. The highest BCUT2D eigenvalue weighted by Crippen LogP contribution is 2.33. The van der Waals surface area contributed by atoms with E-state index in [0.717, 1.165) is 41.2 Å². The number of aromatic amines is 1. The molecule has 0 aliphatic rings. The molecule has 4 aromatic rings. The predicted octanol–water partition coefficient (Wildman–Crippen LogP) is 5.35. The Balaban J connectivity index is 1.74. The Morgan fingerprint density at radius 2 is 1.70 bits per heavy atom. The van der Waals surface area contributed by atoms with Gasteiger partial charge < -0.3 is 24.7 Å². The Morgan fingerprint density at radius 3 is 2.36 bits per heavy atom. The van der Waals surface area contributed by atoms with Gasteiger partial charge in [0.2, 0.25) is 0 Å². The van der Waals surface area contributed by atoms with Crippen molar-refractivity contribution in [1.82, 2.24) is 9.97 Å². The number of ether oxygens (including phenoxy) is 2. The van der Waals surface area contributed by atoms with Crippen LogP contribution in [-0.4, -0.2) is 43.2 Å². The largest absolute Gasteiger partial charge is 0.493 e. The number of aromatic nitrogens is 2. The third-order valence-corrected chi connectivity index (χ3v) is 5.64. The Bertz CT molecular complexity index is 1260. The highest BCUT2D eigenvalue weighted by atomic mass is 16.5. The number of carbonyl (C=O) groups excluding carboxylic acids is 1. The molecule has 1 amide bonds. The number of H-pyrrole nitrogens is 1. The molecule has 1 aromatic heterocycles. The van der Waals surface area contributed by atoms with Crippen molar-refractivity contribution in [3.05, 3.63) is 66.2 Å². The normalized spacial score (nSPS) is 10.8. The van der Waals surface area contributed by atoms with E-state index in [1.165, 1.54) is 0 Å². The van der Waals surface area contributed by atoms with Gasteiger partial charge in [-0.1, -0.05) is 30.3 Å². The molecule has 0 bridgehead atoms. The van der Waals surface area contributed by atoms with Gasteiger partial charge in [0.15, 0.2) is 11.5 Å². The average Bonchev–Trinajstić information content (AvgIpc) is 3.28. The van der Waals surface area contributed by atoms with E-state index >= 15 is 0 Å². The van der Waals surface area contributed by atoms with E-state index in [4.69, 9.17) is 14.5 Å². The summed E-state index contributed by atoms with van der Waals surface area (Å²) >= 11 is 0. The summed E-state index contributed by atoms with van der Waals surface area (Å²) in [7, 11) is 3.12. The molecule has 0 saturated carbocycles. The van der Waals surface area contributed by atoms with E-state index in [1.807, 2.05) is 42.5 Å². The third-order valence-electron chi connectivity index (χ3n) is 5.64. The number of nitrogens with one attached hydrogen (secondary N) is 2. The smallest absolute Gasteiger partial charge is 0.255 e. The first kappa shape index (κ1) is 22.2. The van der Waals surface area contributed by atoms with Crippen molar-refractivity contribution in [2.75, 3.05) is 37.5 Å². The van der Waals surface area contributed by atoms with Gasteiger partial charge in [0.25, 0.3) is 5.91 Å². The van der Waals surface area contributed by atoms with E-state index in [0.29, 0.717) is 22.7 Å².